The largest absolute Gasteiger partial charge is 0.330 e. The molecule has 1 aromatic carbocycles. The molecule has 4 nitrogen and oxygen atoms in total. The smallest absolute Gasteiger partial charge is 0.154 e. The van der Waals surface area contributed by atoms with E-state index in [1.807, 2.05) is 28.9 Å². The van der Waals surface area contributed by atoms with E-state index >= 15 is 0 Å². The van der Waals surface area contributed by atoms with Crippen molar-refractivity contribution in [3.05, 3.63) is 40.9 Å². The summed E-state index contributed by atoms with van der Waals surface area (Å²) in [5, 5.41) is 5.27. The summed E-state index contributed by atoms with van der Waals surface area (Å²) in [7, 11) is 0. The first-order valence-electron chi connectivity index (χ1n) is 6.20. The standard InChI is InChI=1S/C13H15ClN4/c14-10-3-1-2-4-11(10)18-12(7-8-15)16-13(17-18)9-5-6-9/h1-4,9H,5-8,15H2. The lowest BCUT2D eigenvalue weighted by molar-refractivity contribution is 0.770. The van der Waals surface area contributed by atoms with Crippen molar-refractivity contribution in [2.24, 2.45) is 5.73 Å². The fourth-order valence-electron chi connectivity index (χ4n) is 1.98. The van der Waals surface area contributed by atoms with Gasteiger partial charge in [0, 0.05) is 12.3 Å². The van der Waals surface area contributed by atoms with E-state index in [1.54, 1.807) is 0 Å². The number of nitrogens with two attached hydrogens (primary N) is 1. The fourth-order valence-corrected chi connectivity index (χ4v) is 2.20. The molecule has 1 fully saturated rings. The SMILES string of the molecule is NCCc1nc(C2CC2)nn1-c1ccccc1Cl. The van der Waals surface area contributed by atoms with Gasteiger partial charge in [-0.3, -0.25) is 0 Å². The van der Waals surface area contributed by atoms with E-state index in [4.69, 9.17) is 17.3 Å². The summed E-state index contributed by atoms with van der Waals surface area (Å²) in [5.41, 5.74) is 6.51. The monoisotopic (exact) mass is 262 g/mol. The molecular weight excluding hydrogens is 248 g/mol. The molecule has 3 rings (SSSR count). The van der Waals surface area contributed by atoms with Crippen LogP contribution in [-0.2, 0) is 6.42 Å². The van der Waals surface area contributed by atoms with E-state index in [9.17, 15) is 0 Å². The average Bonchev–Trinajstić information content (AvgIpc) is 3.13. The van der Waals surface area contributed by atoms with Gasteiger partial charge in [-0.2, -0.15) is 5.10 Å². The first-order chi connectivity index (χ1) is 8.79. The highest BCUT2D eigenvalue weighted by Gasteiger charge is 2.29. The number of rotatable bonds is 4. The summed E-state index contributed by atoms with van der Waals surface area (Å²) in [6.45, 7) is 0.563. The minimum Gasteiger partial charge on any atom is -0.330 e. The third-order valence-electron chi connectivity index (χ3n) is 3.08. The molecule has 1 aliphatic rings. The number of benzene rings is 1. The first kappa shape index (κ1) is 11.7. The van der Waals surface area contributed by atoms with Gasteiger partial charge in [0.1, 0.15) is 5.82 Å². The van der Waals surface area contributed by atoms with E-state index in [0.717, 1.165) is 17.3 Å². The second-order valence-electron chi connectivity index (χ2n) is 4.56. The maximum atomic E-state index is 6.22. The lowest BCUT2D eigenvalue weighted by Crippen LogP contribution is -2.10. The Hall–Kier alpha value is -1.39. The zero-order valence-corrected chi connectivity index (χ0v) is 10.8. The maximum Gasteiger partial charge on any atom is 0.154 e. The third kappa shape index (κ3) is 2.13. The molecule has 0 unspecified atom stereocenters. The summed E-state index contributed by atoms with van der Waals surface area (Å²) in [6.07, 6.45) is 3.09. The summed E-state index contributed by atoms with van der Waals surface area (Å²) in [6, 6.07) is 7.67. The van der Waals surface area contributed by atoms with Crippen molar-refractivity contribution in [2.75, 3.05) is 6.54 Å². The number of hydrogen-bond acceptors (Lipinski definition) is 3. The molecule has 0 bridgehead atoms. The maximum absolute atomic E-state index is 6.22. The van der Waals surface area contributed by atoms with Gasteiger partial charge in [-0.1, -0.05) is 23.7 Å². The molecule has 0 spiro atoms. The second-order valence-corrected chi connectivity index (χ2v) is 4.97. The van der Waals surface area contributed by atoms with Crippen molar-refractivity contribution in [1.29, 1.82) is 0 Å². The fraction of sp³-hybridized carbons (Fsp3) is 0.385. The molecule has 0 atom stereocenters. The van der Waals surface area contributed by atoms with Crippen LogP contribution in [0, 0.1) is 0 Å². The molecule has 2 aromatic rings. The third-order valence-corrected chi connectivity index (χ3v) is 3.40. The van der Waals surface area contributed by atoms with Crippen LogP contribution >= 0.6 is 11.6 Å². The van der Waals surface area contributed by atoms with Crippen molar-refractivity contribution in [3.8, 4) is 5.69 Å². The molecule has 2 N–H and O–H groups in total. The Labute approximate surface area is 111 Å². The Morgan fingerprint density at radius 1 is 1.33 bits per heavy atom. The van der Waals surface area contributed by atoms with Crippen LogP contribution in [0.2, 0.25) is 5.02 Å². The highest BCUT2D eigenvalue weighted by Crippen LogP contribution is 2.38. The van der Waals surface area contributed by atoms with Crippen molar-refractivity contribution in [1.82, 2.24) is 14.8 Å². The Balaban J connectivity index is 2.06. The molecule has 0 saturated heterocycles. The van der Waals surface area contributed by atoms with Gasteiger partial charge in [-0.15, -0.1) is 0 Å². The van der Waals surface area contributed by atoms with E-state index in [1.165, 1.54) is 12.8 Å². The molecular formula is C13H15ClN4. The van der Waals surface area contributed by atoms with E-state index in [0.29, 0.717) is 23.9 Å². The Kier molecular flexibility index (Phi) is 3.06. The number of aromatic nitrogens is 3. The molecule has 1 aliphatic carbocycles. The van der Waals surface area contributed by atoms with Crippen LogP contribution in [0.1, 0.15) is 30.4 Å². The summed E-state index contributed by atoms with van der Waals surface area (Å²) < 4.78 is 1.84. The normalized spacial score (nSPS) is 15.0. The van der Waals surface area contributed by atoms with Gasteiger partial charge in [0.2, 0.25) is 0 Å². The molecule has 0 amide bonds. The van der Waals surface area contributed by atoms with E-state index in [-0.39, 0.29) is 0 Å². The van der Waals surface area contributed by atoms with Crippen LogP contribution < -0.4 is 5.73 Å². The topological polar surface area (TPSA) is 56.7 Å². The van der Waals surface area contributed by atoms with Gasteiger partial charge in [0.25, 0.3) is 0 Å². The number of para-hydroxylation sites is 1. The van der Waals surface area contributed by atoms with Crippen LogP contribution in [0.4, 0.5) is 0 Å². The van der Waals surface area contributed by atoms with Gasteiger partial charge in [0.15, 0.2) is 5.82 Å². The van der Waals surface area contributed by atoms with Crippen LogP contribution in [-0.4, -0.2) is 21.3 Å². The first-order valence-corrected chi connectivity index (χ1v) is 6.58. The van der Waals surface area contributed by atoms with Gasteiger partial charge in [0.05, 0.1) is 10.7 Å². The number of nitrogens with zero attached hydrogens (tertiary/aromatic N) is 3. The van der Waals surface area contributed by atoms with Crippen molar-refractivity contribution >= 4 is 11.6 Å². The Bertz CT molecular complexity index is 560. The Morgan fingerprint density at radius 2 is 2.11 bits per heavy atom. The number of hydrogen-bond donors (Lipinski definition) is 1. The summed E-state index contributed by atoms with van der Waals surface area (Å²) >= 11 is 6.22. The zero-order chi connectivity index (χ0) is 12.5. The lowest BCUT2D eigenvalue weighted by atomic mass is 10.3. The summed E-state index contributed by atoms with van der Waals surface area (Å²) in [5.74, 6) is 2.36. The minimum absolute atomic E-state index is 0.533. The highest BCUT2D eigenvalue weighted by molar-refractivity contribution is 6.32. The molecule has 94 valence electrons. The lowest BCUT2D eigenvalue weighted by Gasteiger charge is -2.06. The quantitative estimate of drug-likeness (QED) is 0.920. The average molecular weight is 263 g/mol. The molecule has 1 heterocycles. The predicted octanol–water partition coefficient (Wildman–Crippen LogP) is 2.30. The minimum atomic E-state index is 0.533. The van der Waals surface area contributed by atoms with Crippen molar-refractivity contribution < 1.29 is 0 Å². The molecule has 0 aliphatic heterocycles. The molecule has 1 aromatic heterocycles. The summed E-state index contributed by atoms with van der Waals surface area (Å²) in [4.78, 5) is 4.59. The molecule has 5 heteroatoms. The van der Waals surface area contributed by atoms with Crippen LogP contribution in [0.3, 0.4) is 0 Å². The molecule has 0 radical (unpaired) electrons. The second kappa shape index (κ2) is 4.71. The van der Waals surface area contributed by atoms with Gasteiger partial charge in [-0.25, -0.2) is 9.67 Å². The van der Waals surface area contributed by atoms with Gasteiger partial charge < -0.3 is 5.73 Å². The van der Waals surface area contributed by atoms with E-state index < -0.39 is 0 Å². The van der Waals surface area contributed by atoms with Crippen LogP contribution in [0.15, 0.2) is 24.3 Å². The van der Waals surface area contributed by atoms with Crippen molar-refractivity contribution in [2.45, 2.75) is 25.2 Å². The van der Waals surface area contributed by atoms with E-state index in [2.05, 4.69) is 10.1 Å². The van der Waals surface area contributed by atoms with Crippen molar-refractivity contribution in [3.63, 3.8) is 0 Å². The van der Waals surface area contributed by atoms with Crippen LogP contribution in [0.25, 0.3) is 5.69 Å². The number of halogens is 1. The van der Waals surface area contributed by atoms with Gasteiger partial charge >= 0.3 is 0 Å². The van der Waals surface area contributed by atoms with Crippen LogP contribution in [0.5, 0.6) is 0 Å². The zero-order valence-electron chi connectivity index (χ0n) is 10.0. The molecule has 18 heavy (non-hydrogen) atoms. The van der Waals surface area contributed by atoms with Gasteiger partial charge in [-0.05, 0) is 31.5 Å². The Morgan fingerprint density at radius 3 is 2.78 bits per heavy atom. The highest BCUT2D eigenvalue weighted by atomic mass is 35.5. The molecule has 1 saturated carbocycles. The predicted molar refractivity (Wildman–Crippen MR) is 71.1 cm³/mol.